The summed E-state index contributed by atoms with van der Waals surface area (Å²) >= 11 is 1.38. The van der Waals surface area contributed by atoms with Crippen LogP contribution in [0.4, 0.5) is 11.4 Å². The van der Waals surface area contributed by atoms with E-state index < -0.39 is 11.7 Å². The zero-order chi connectivity index (χ0) is 20.8. The Hall–Kier alpha value is -2.70. The Labute approximate surface area is 170 Å². The van der Waals surface area contributed by atoms with Crippen LogP contribution >= 0.6 is 20.6 Å². The molecule has 0 saturated heterocycles. The summed E-state index contributed by atoms with van der Waals surface area (Å²) in [5.74, 6) is -1.10. The van der Waals surface area contributed by atoms with Gasteiger partial charge in [0.15, 0.2) is 5.76 Å². The summed E-state index contributed by atoms with van der Waals surface area (Å²) in [5, 5.41) is 25.8. The van der Waals surface area contributed by atoms with Crippen molar-refractivity contribution < 1.29 is 9.90 Å². The summed E-state index contributed by atoms with van der Waals surface area (Å²) in [5.41, 5.74) is 12.9. The molecule has 9 heteroatoms. The number of anilines is 1. The number of hydrogen-bond donors (Lipinski definition) is 5. The van der Waals surface area contributed by atoms with Gasteiger partial charge in [0.2, 0.25) is 0 Å². The fourth-order valence-corrected chi connectivity index (χ4v) is 3.26. The van der Waals surface area contributed by atoms with Gasteiger partial charge in [0.25, 0.3) is 5.91 Å². The van der Waals surface area contributed by atoms with Gasteiger partial charge in [-0.3, -0.25) is 10.2 Å². The fourth-order valence-electron chi connectivity index (χ4n) is 2.26. The molecule has 2 rings (SSSR count). The number of nitrogens with one attached hydrogen (secondary N) is 2. The second kappa shape index (κ2) is 9.48. The smallest absolute Gasteiger partial charge is 0.258 e. The van der Waals surface area contributed by atoms with E-state index in [0.717, 1.165) is 0 Å². The summed E-state index contributed by atoms with van der Waals surface area (Å²) in [6, 6.07) is 6.71. The molecule has 1 amide bonds. The lowest BCUT2D eigenvalue weighted by molar-refractivity contribution is -0.117. The second-order valence-corrected chi connectivity index (χ2v) is 7.93. The van der Waals surface area contributed by atoms with Gasteiger partial charge in [-0.15, -0.1) is 9.24 Å². The number of rotatable bonds is 7. The molecule has 2 aromatic rings. The second-order valence-electron chi connectivity index (χ2n) is 6.53. The van der Waals surface area contributed by atoms with Crippen molar-refractivity contribution in [3.63, 3.8) is 0 Å². The minimum absolute atomic E-state index is 0.188. The summed E-state index contributed by atoms with van der Waals surface area (Å²) in [7, 11) is 2.50. The molecule has 0 saturated carbocycles. The van der Waals surface area contributed by atoms with Crippen molar-refractivity contribution in [3.8, 4) is 0 Å². The van der Waals surface area contributed by atoms with Gasteiger partial charge < -0.3 is 21.9 Å². The lowest BCUT2D eigenvalue weighted by atomic mass is 10.1. The van der Waals surface area contributed by atoms with Crippen LogP contribution in [0.5, 0.6) is 0 Å². The molecule has 1 heterocycles. The van der Waals surface area contributed by atoms with E-state index in [1.165, 1.54) is 11.3 Å². The van der Waals surface area contributed by atoms with Gasteiger partial charge in [0.05, 0.1) is 5.69 Å². The summed E-state index contributed by atoms with van der Waals surface area (Å²) in [4.78, 5) is 17.0. The molecule has 0 aliphatic heterocycles. The first-order chi connectivity index (χ1) is 13.2. The van der Waals surface area contributed by atoms with Crippen LogP contribution in [0.3, 0.4) is 0 Å². The Bertz CT molecular complexity index is 936. The Balaban J connectivity index is 2.50. The molecule has 0 fully saturated rings. The topological polar surface area (TPSA) is 138 Å². The summed E-state index contributed by atoms with van der Waals surface area (Å²) in [6.07, 6.45) is 0. The lowest BCUT2D eigenvalue weighted by Gasteiger charge is -2.13. The van der Waals surface area contributed by atoms with Crippen LogP contribution in [0, 0.1) is 11.3 Å². The highest BCUT2D eigenvalue weighted by molar-refractivity contribution is 7.28. The number of nitrogen functional groups attached to an aromatic ring is 1. The first-order valence-corrected chi connectivity index (χ1v) is 10.0. The number of nitrogens with zero attached hydrogens (tertiary/aromatic N) is 1. The quantitative estimate of drug-likeness (QED) is 0.118. The average Bonchev–Trinajstić information content (AvgIpc) is 3.16. The zero-order valence-corrected chi connectivity index (χ0v) is 17.7. The zero-order valence-electron chi connectivity index (χ0n) is 15.7. The van der Waals surface area contributed by atoms with Crippen molar-refractivity contribution in [1.82, 2.24) is 5.32 Å². The fraction of sp³-hybridized carbons (Fsp3) is 0.211. The molecule has 1 atom stereocenters. The molecule has 1 unspecified atom stereocenters. The molecule has 7 nitrogen and oxygen atoms in total. The van der Waals surface area contributed by atoms with Crippen molar-refractivity contribution >= 4 is 54.7 Å². The summed E-state index contributed by atoms with van der Waals surface area (Å²) < 4.78 is 0. The van der Waals surface area contributed by atoms with Crippen LogP contribution in [0.2, 0.25) is 0 Å². The van der Waals surface area contributed by atoms with E-state index in [1.54, 1.807) is 35.0 Å². The van der Waals surface area contributed by atoms with Crippen LogP contribution < -0.4 is 22.1 Å². The van der Waals surface area contributed by atoms with Gasteiger partial charge in [0, 0.05) is 23.2 Å². The van der Waals surface area contributed by atoms with Gasteiger partial charge in [-0.05, 0) is 40.9 Å². The summed E-state index contributed by atoms with van der Waals surface area (Å²) in [6.45, 7) is 4.29. The number of aliphatic imine (C=N–C) groups is 1. The van der Waals surface area contributed by atoms with E-state index in [1.807, 2.05) is 13.8 Å². The largest absolute Gasteiger partial charge is 0.505 e. The number of carbonyl (C=O) groups is 1. The average molecular weight is 417 g/mol. The molecular formula is C19H24N5O2PS. The van der Waals surface area contributed by atoms with E-state index in [4.69, 9.17) is 16.9 Å². The Morgan fingerprint density at radius 3 is 2.68 bits per heavy atom. The third-order valence-electron chi connectivity index (χ3n) is 3.73. The predicted octanol–water partition coefficient (Wildman–Crippen LogP) is 2.47. The minimum atomic E-state index is -0.590. The van der Waals surface area contributed by atoms with Crippen LogP contribution in [0.1, 0.15) is 19.4 Å². The number of amidine groups is 1. The third-order valence-corrected chi connectivity index (χ3v) is 4.88. The van der Waals surface area contributed by atoms with Gasteiger partial charge in [-0.2, -0.15) is 11.3 Å². The highest BCUT2D eigenvalue weighted by Gasteiger charge is 2.23. The number of allylic oxidation sites excluding steroid dienone is 1. The molecule has 1 aromatic carbocycles. The van der Waals surface area contributed by atoms with Gasteiger partial charge in [-0.25, -0.2) is 4.99 Å². The maximum Gasteiger partial charge on any atom is 0.258 e. The first-order valence-electron chi connectivity index (χ1n) is 8.53. The molecule has 0 aliphatic carbocycles. The van der Waals surface area contributed by atoms with Crippen molar-refractivity contribution in [2.75, 3.05) is 12.3 Å². The number of benzene rings is 1. The highest BCUT2D eigenvalue weighted by atomic mass is 32.1. The van der Waals surface area contributed by atoms with Gasteiger partial charge in [0.1, 0.15) is 17.1 Å². The first kappa shape index (κ1) is 21.6. The molecule has 148 valence electrons. The Morgan fingerprint density at radius 1 is 1.39 bits per heavy atom. The molecule has 0 aliphatic rings. The number of aliphatic hydroxyl groups is 1. The predicted molar refractivity (Wildman–Crippen MR) is 120 cm³/mol. The van der Waals surface area contributed by atoms with Crippen LogP contribution in [-0.4, -0.2) is 29.1 Å². The van der Waals surface area contributed by atoms with Crippen LogP contribution in [-0.2, 0) is 4.79 Å². The lowest BCUT2D eigenvalue weighted by Crippen LogP contribution is -2.35. The van der Waals surface area contributed by atoms with E-state index >= 15 is 0 Å². The SMILES string of the molecule is CC(C)CNC(=O)/C(C(N)=Nc1ccc(N)cc1P)=C(/O)C(=N)c1ccsc1. The maximum absolute atomic E-state index is 12.7. The van der Waals surface area contributed by atoms with Crippen molar-refractivity contribution in [2.45, 2.75) is 13.8 Å². The highest BCUT2D eigenvalue weighted by Crippen LogP contribution is 2.18. The molecule has 7 N–H and O–H groups in total. The maximum atomic E-state index is 12.7. The standard InChI is InChI=1S/C19H24N5O2PS/c1-10(2)8-23-19(26)15(17(25)16(21)11-5-6-28-9-11)18(22)24-13-4-3-12(20)7-14(13)27/h3-7,9-10,21,25H,8,20,27H2,1-2H3,(H2,22,24)(H,23,26)/b17-15+,21-16?. The molecule has 0 radical (unpaired) electrons. The van der Waals surface area contributed by atoms with Crippen molar-refractivity contribution in [3.05, 3.63) is 51.9 Å². The van der Waals surface area contributed by atoms with E-state index in [2.05, 4.69) is 19.5 Å². The molecule has 28 heavy (non-hydrogen) atoms. The molecule has 0 spiro atoms. The number of aliphatic hydroxyl groups excluding tert-OH is 1. The molecular weight excluding hydrogens is 393 g/mol. The third kappa shape index (κ3) is 5.41. The molecule has 0 bridgehead atoms. The number of nitrogens with two attached hydrogens (primary N) is 2. The monoisotopic (exact) mass is 417 g/mol. The van der Waals surface area contributed by atoms with Gasteiger partial charge in [-0.1, -0.05) is 13.8 Å². The Kier molecular flexibility index (Phi) is 7.31. The van der Waals surface area contributed by atoms with E-state index in [9.17, 15) is 9.90 Å². The number of thiophene rings is 1. The van der Waals surface area contributed by atoms with E-state index in [-0.39, 0.29) is 23.0 Å². The number of hydrogen-bond acceptors (Lipinski definition) is 6. The van der Waals surface area contributed by atoms with Crippen LogP contribution in [0.15, 0.2) is 51.4 Å². The van der Waals surface area contributed by atoms with Crippen molar-refractivity contribution in [2.24, 2.45) is 16.6 Å². The van der Waals surface area contributed by atoms with Crippen LogP contribution in [0.25, 0.3) is 0 Å². The Morgan fingerprint density at radius 2 is 2.11 bits per heavy atom. The minimum Gasteiger partial charge on any atom is -0.505 e. The number of amides is 1. The number of carbonyl (C=O) groups excluding carboxylic acids is 1. The van der Waals surface area contributed by atoms with Crippen molar-refractivity contribution in [1.29, 1.82) is 5.41 Å². The molecule has 1 aromatic heterocycles. The van der Waals surface area contributed by atoms with E-state index in [0.29, 0.717) is 28.8 Å². The normalized spacial score (nSPS) is 12.6. The van der Waals surface area contributed by atoms with Gasteiger partial charge >= 0.3 is 0 Å².